The summed E-state index contributed by atoms with van der Waals surface area (Å²) in [6.07, 6.45) is 3.04. The Morgan fingerprint density at radius 2 is 2.32 bits per heavy atom. The van der Waals surface area contributed by atoms with Gasteiger partial charge in [-0.15, -0.1) is 0 Å². The summed E-state index contributed by atoms with van der Waals surface area (Å²) in [4.78, 5) is 17.8. The molecule has 0 aliphatic heterocycles. The van der Waals surface area contributed by atoms with Gasteiger partial charge in [-0.2, -0.15) is 5.26 Å². The van der Waals surface area contributed by atoms with Gasteiger partial charge in [-0.25, -0.2) is 4.98 Å². The molecule has 2 aromatic rings. The van der Waals surface area contributed by atoms with Crippen molar-refractivity contribution in [2.75, 3.05) is 11.4 Å². The largest absolute Gasteiger partial charge is 0.351 e. The molecule has 0 atom stereocenters. The number of nitriles is 1. The monoisotopic (exact) mass is 256 g/mol. The second-order valence-electron chi connectivity index (χ2n) is 4.56. The number of nitrogens with zero attached hydrogens (tertiary/aromatic N) is 4. The summed E-state index contributed by atoms with van der Waals surface area (Å²) in [6.45, 7) is 4.62. The number of hydrogen-bond acceptors (Lipinski definition) is 4. The van der Waals surface area contributed by atoms with E-state index in [-0.39, 0.29) is 6.04 Å². The van der Waals surface area contributed by atoms with Crippen LogP contribution in [-0.4, -0.2) is 28.3 Å². The number of hydrogen-bond donors (Lipinski definition) is 0. The van der Waals surface area contributed by atoms with Crippen molar-refractivity contribution in [3.63, 3.8) is 0 Å². The first-order chi connectivity index (χ1) is 9.19. The normalized spacial score (nSPS) is 10.6. The molecule has 0 N–H and O–H groups in total. The molecule has 2 rings (SSSR count). The maximum atomic E-state index is 11.4. The van der Waals surface area contributed by atoms with Gasteiger partial charge in [0.15, 0.2) is 12.1 Å². The summed E-state index contributed by atoms with van der Waals surface area (Å²) in [7, 11) is 0. The first-order valence-electron chi connectivity index (χ1n) is 6.25. The van der Waals surface area contributed by atoms with Gasteiger partial charge in [-0.05, 0) is 26.0 Å². The molecular formula is C14H16N4O. The van der Waals surface area contributed by atoms with Crippen molar-refractivity contribution in [1.82, 2.24) is 9.38 Å². The summed E-state index contributed by atoms with van der Waals surface area (Å²) in [5.74, 6) is 0.645. The van der Waals surface area contributed by atoms with E-state index >= 15 is 0 Å². The third kappa shape index (κ3) is 2.43. The van der Waals surface area contributed by atoms with Crippen LogP contribution in [0.1, 0.15) is 30.8 Å². The number of aromatic nitrogens is 2. The van der Waals surface area contributed by atoms with Crippen LogP contribution in [-0.2, 0) is 0 Å². The zero-order valence-corrected chi connectivity index (χ0v) is 11.1. The topological polar surface area (TPSA) is 61.4 Å². The Labute approximate surface area is 112 Å². The Bertz CT molecular complexity index is 624. The Morgan fingerprint density at radius 3 is 2.95 bits per heavy atom. The highest BCUT2D eigenvalue weighted by Gasteiger charge is 2.19. The molecular weight excluding hydrogens is 240 g/mol. The highest BCUT2D eigenvalue weighted by Crippen LogP contribution is 2.22. The van der Waals surface area contributed by atoms with E-state index in [1.54, 1.807) is 4.40 Å². The van der Waals surface area contributed by atoms with E-state index in [1.165, 1.54) is 0 Å². The number of aldehydes is 1. The first kappa shape index (κ1) is 13.1. The number of pyridine rings is 1. The minimum absolute atomic E-state index is 0.178. The number of rotatable bonds is 5. The van der Waals surface area contributed by atoms with E-state index < -0.39 is 0 Å². The Kier molecular flexibility index (Phi) is 3.81. The third-order valence-electron chi connectivity index (χ3n) is 3.02. The molecule has 0 aliphatic carbocycles. The molecule has 0 spiro atoms. The van der Waals surface area contributed by atoms with Crippen LogP contribution in [0.5, 0.6) is 0 Å². The quantitative estimate of drug-likeness (QED) is 0.770. The highest BCUT2D eigenvalue weighted by molar-refractivity contribution is 5.83. The Hall–Kier alpha value is -2.35. The molecule has 5 heteroatoms. The van der Waals surface area contributed by atoms with Crippen LogP contribution in [0.4, 0.5) is 5.82 Å². The SMILES string of the molecule is CC(C)N(CCC#N)c1nc2ccccn2c1C=O. The van der Waals surface area contributed by atoms with Gasteiger partial charge in [-0.1, -0.05) is 6.07 Å². The van der Waals surface area contributed by atoms with Gasteiger partial charge in [0.25, 0.3) is 0 Å². The van der Waals surface area contributed by atoms with Gasteiger partial charge in [0.1, 0.15) is 11.3 Å². The van der Waals surface area contributed by atoms with Crippen LogP contribution in [0, 0.1) is 11.3 Å². The molecule has 0 radical (unpaired) electrons. The molecule has 0 unspecified atom stereocenters. The average Bonchev–Trinajstić information content (AvgIpc) is 2.77. The second kappa shape index (κ2) is 5.53. The van der Waals surface area contributed by atoms with Crippen molar-refractivity contribution in [3.8, 4) is 6.07 Å². The fraction of sp³-hybridized carbons (Fsp3) is 0.357. The van der Waals surface area contributed by atoms with Crippen molar-refractivity contribution in [2.24, 2.45) is 0 Å². The van der Waals surface area contributed by atoms with Crippen LogP contribution in [0.2, 0.25) is 0 Å². The summed E-state index contributed by atoms with van der Waals surface area (Å²) in [5.41, 5.74) is 1.27. The lowest BCUT2D eigenvalue weighted by molar-refractivity contribution is 0.111. The van der Waals surface area contributed by atoms with Crippen LogP contribution in [0.3, 0.4) is 0 Å². The highest BCUT2D eigenvalue weighted by atomic mass is 16.1. The zero-order chi connectivity index (χ0) is 13.8. The molecule has 5 nitrogen and oxygen atoms in total. The van der Waals surface area contributed by atoms with E-state index in [0.717, 1.165) is 11.9 Å². The van der Waals surface area contributed by atoms with Gasteiger partial charge in [0, 0.05) is 18.8 Å². The molecule has 0 saturated carbocycles. The Morgan fingerprint density at radius 1 is 1.53 bits per heavy atom. The molecule has 2 aromatic heterocycles. The predicted octanol–water partition coefficient (Wildman–Crippen LogP) is 2.28. The number of imidazole rings is 1. The molecule has 0 bridgehead atoms. The number of carbonyl (C=O) groups excluding carboxylic acids is 1. The average molecular weight is 256 g/mol. The van der Waals surface area contributed by atoms with Gasteiger partial charge in [-0.3, -0.25) is 9.20 Å². The third-order valence-corrected chi connectivity index (χ3v) is 3.02. The minimum Gasteiger partial charge on any atom is -0.351 e. The molecule has 0 fully saturated rings. The number of fused-ring (bicyclic) bond motifs is 1. The first-order valence-corrected chi connectivity index (χ1v) is 6.25. The van der Waals surface area contributed by atoms with Gasteiger partial charge in [0.2, 0.25) is 0 Å². The zero-order valence-electron chi connectivity index (χ0n) is 11.1. The van der Waals surface area contributed by atoms with Crippen LogP contribution >= 0.6 is 0 Å². The molecule has 0 aliphatic rings. The second-order valence-corrected chi connectivity index (χ2v) is 4.56. The molecule has 0 saturated heterocycles. The lowest BCUT2D eigenvalue weighted by Gasteiger charge is -2.26. The van der Waals surface area contributed by atoms with E-state index in [1.807, 2.05) is 43.1 Å². The summed E-state index contributed by atoms with van der Waals surface area (Å²) in [5, 5.41) is 8.74. The fourth-order valence-electron chi connectivity index (χ4n) is 2.10. The van der Waals surface area contributed by atoms with Crippen molar-refractivity contribution in [3.05, 3.63) is 30.1 Å². The van der Waals surface area contributed by atoms with E-state index in [2.05, 4.69) is 11.1 Å². The number of carbonyl (C=O) groups is 1. The summed E-state index contributed by atoms with van der Waals surface area (Å²) >= 11 is 0. The lowest BCUT2D eigenvalue weighted by atomic mass is 10.2. The van der Waals surface area contributed by atoms with Crippen molar-refractivity contribution in [2.45, 2.75) is 26.3 Å². The summed E-state index contributed by atoms with van der Waals surface area (Å²) < 4.78 is 1.77. The van der Waals surface area contributed by atoms with Crippen LogP contribution in [0.15, 0.2) is 24.4 Å². The van der Waals surface area contributed by atoms with Crippen LogP contribution in [0.25, 0.3) is 5.65 Å². The van der Waals surface area contributed by atoms with E-state index in [9.17, 15) is 4.79 Å². The lowest BCUT2D eigenvalue weighted by Crippen LogP contribution is -2.32. The predicted molar refractivity (Wildman–Crippen MR) is 73.3 cm³/mol. The standard InChI is InChI=1S/C14H16N4O/c1-11(2)17(9-5-7-15)14-12(10-19)18-8-4-3-6-13(18)16-14/h3-4,6,8,10-11H,5,9H2,1-2H3. The van der Waals surface area contributed by atoms with Gasteiger partial charge < -0.3 is 4.90 Å². The Balaban J connectivity index is 2.52. The van der Waals surface area contributed by atoms with Crippen molar-refractivity contribution in [1.29, 1.82) is 5.26 Å². The van der Waals surface area contributed by atoms with E-state index in [0.29, 0.717) is 24.5 Å². The maximum Gasteiger partial charge on any atom is 0.170 e. The van der Waals surface area contributed by atoms with E-state index in [4.69, 9.17) is 5.26 Å². The molecule has 0 amide bonds. The summed E-state index contributed by atoms with van der Waals surface area (Å²) in [6, 6.07) is 7.91. The van der Waals surface area contributed by atoms with Crippen molar-refractivity contribution < 1.29 is 4.79 Å². The van der Waals surface area contributed by atoms with Gasteiger partial charge >= 0.3 is 0 Å². The fourth-order valence-corrected chi connectivity index (χ4v) is 2.10. The maximum absolute atomic E-state index is 11.4. The van der Waals surface area contributed by atoms with Crippen molar-refractivity contribution >= 4 is 17.8 Å². The number of anilines is 1. The minimum atomic E-state index is 0.178. The molecule has 19 heavy (non-hydrogen) atoms. The smallest absolute Gasteiger partial charge is 0.170 e. The van der Waals surface area contributed by atoms with Crippen LogP contribution < -0.4 is 4.90 Å². The van der Waals surface area contributed by atoms with Gasteiger partial charge in [0.05, 0.1) is 12.5 Å². The molecule has 0 aromatic carbocycles. The molecule has 2 heterocycles. The molecule has 98 valence electrons.